The molecule has 0 radical (unpaired) electrons. The van der Waals surface area contributed by atoms with Gasteiger partial charge in [0.15, 0.2) is 0 Å². The summed E-state index contributed by atoms with van der Waals surface area (Å²) >= 11 is 0. The van der Waals surface area contributed by atoms with Gasteiger partial charge in [-0.25, -0.2) is 4.79 Å². The number of nitrogens with zero attached hydrogens (tertiary/aromatic N) is 1. The average Bonchev–Trinajstić information content (AvgIpc) is 2.69. The van der Waals surface area contributed by atoms with Gasteiger partial charge in [0.05, 0.1) is 19.3 Å². The maximum atomic E-state index is 12.1. The van der Waals surface area contributed by atoms with Gasteiger partial charge in [0.2, 0.25) is 0 Å². The van der Waals surface area contributed by atoms with Crippen molar-refractivity contribution in [3.63, 3.8) is 0 Å². The molecule has 0 spiro atoms. The molecule has 140 valence electrons. The fraction of sp³-hybridized carbons (Fsp3) is 0.833. The van der Waals surface area contributed by atoms with Gasteiger partial charge in [-0.05, 0) is 48.0 Å². The van der Waals surface area contributed by atoms with Crippen molar-refractivity contribution in [1.82, 2.24) is 10.4 Å². The second kappa shape index (κ2) is 8.83. The van der Waals surface area contributed by atoms with Crippen LogP contribution in [-0.2, 0) is 14.2 Å². The molecule has 1 aliphatic rings. The van der Waals surface area contributed by atoms with Gasteiger partial charge in [0, 0.05) is 6.61 Å². The SMILES string of the molecule is CCCCOC/C(C)=C/[C@H]1COC(C)(C)N1NC(=O)OC(C)(C)C. The summed E-state index contributed by atoms with van der Waals surface area (Å²) in [7, 11) is 0. The van der Waals surface area contributed by atoms with Gasteiger partial charge < -0.3 is 14.2 Å². The van der Waals surface area contributed by atoms with E-state index in [9.17, 15) is 4.79 Å². The average molecular weight is 342 g/mol. The topological polar surface area (TPSA) is 60.0 Å². The molecule has 6 heteroatoms. The van der Waals surface area contributed by atoms with Crippen LogP contribution in [0.5, 0.6) is 0 Å². The van der Waals surface area contributed by atoms with Crippen molar-refractivity contribution >= 4 is 6.09 Å². The molecule has 1 saturated heterocycles. The number of carbonyl (C=O) groups excluding carboxylic acids is 1. The summed E-state index contributed by atoms with van der Waals surface area (Å²) in [6.07, 6.45) is 3.80. The van der Waals surface area contributed by atoms with Crippen LogP contribution in [0.3, 0.4) is 0 Å². The molecule has 24 heavy (non-hydrogen) atoms. The Morgan fingerprint density at radius 1 is 1.42 bits per heavy atom. The van der Waals surface area contributed by atoms with E-state index in [1.165, 1.54) is 0 Å². The van der Waals surface area contributed by atoms with Crippen molar-refractivity contribution in [3.8, 4) is 0 Å². The third kappa shape index (κ3) is 7.20. The Hall–Kier alpha value is -1.11. The monoisotopic (exact) mass is 342 g/mol. The number of unbranched alkanes of at least 4 members (excludes halogenated alkanes) is 1. The molecule has 1 N–H and O–H groups in total. The molecule has 0 aromatic rings. The third-order valence-corrected chi connectivity index (χ3v) is 3.58. The van der Waals surface area contributed by atoms with Gasteiger partial charge in [0.1, 0.15) is 11.3 Å². The molecular weight excluding hydrogens is 308 g/mol. The maximum absolute atomic E-state index is 12.1. The second-order valence-corrected chi connectivity index (χ2v) is 7.73. The first kappa shape index (κ1) is 20.9. The van der Waals surface area contributed by atoms with Crippen molar-refractivity contribution in [2.75, 3.05) is 19.8 Å². The fourth-order valence-corrected chi connectivity index (χ4v) is 2.43. The van der Waals surface area contributed by atoms with Crippen molar-refractivity contribution in [3.05, 3.63) is 11.6 Å². The van der Waals surface area contributed by atoms with Gasteiger partial charge in [-0.3, -0.25) is 5.43 Å². The van der Waals surface area contributed by atoms with Gasteiger partial charge in [-0.15, -0.1) is 0 Å². The van der Waals surface area contributed by atoms with E-state index in [-0.39, 0.29) is 6.04 Å². The molecule has 0 aromatic heterocycles. The summed E-state index contributed by atoms with van der Waals surface area (Å²) in [6, 6.07) is -0.0534. The Morgan fingerprint density at radius 3 is 2.67 bits per heavy atom. The van der Waals surface area contributed by atoms with E-state index in [0.29, 0.717) is 13.2 Å². The van der Waals surface area contributed by atoms with E-state index < -0.39 is 17.4 Å². The van der Waals surface area contributed by atoms with Crippen LogP contribution in [0.4, 0.5) is 4.79 Å². The normalized spacial score (nSPS) is 21.8. The minimum Gasteiger partial charge on any atom is -0.443 e. The highest BCUT2D eigenvalue weighted by atomic mass is 16.6. The van der Waals surface area contributed by atoms with Gasteiger partial charge >= 0.3 is 6.09 Å². The van der Waals surface area contributed by atoms with Gasteiger partial charge in [-0.1, -0.05) is 25.0 Å². The standard InChI is InChI=1S/C18H34N2O4/c1-8-9-10-22-12-14(2)11-15-13-23-18(6,7)20(15)19-16(21)24-17(3,4)5/h11,15H,8-10,12-13H2,1-7H3,(H,19,21)/b14-11+/t15-/m0/s1. The van der Waals surface area contributed by atoms with Crippen LogP contribution >= 0.6 is 0 Å². The van der Waals surface area contributed by atoms with Crippen molar-refractivity contribution in [2.24, 2.45) is 0 Å². The molecule has 1 fully saturated rings. The Balaban J connectivity index is 2.66. The Bertz CT molecular complexity index is 441. The predicted octanol–water partition coefficient (Wildman–Crippen LogP) is 3.63. The molecule has 1 amide bonds. The second-order valence-electron chi connectivity index (χ2n) is 7.73. The summed E-state index contributed by atoms with van der Waals surface area (Å²) < 4.78 is 16.8. The number of rotatable bonds is 7. The summed E-state index contributed by atoms with van der Waals surface area (Å²) in [6.45, 7) is 15.4. The lowest BCUT2D eigenvalue weighted by Crippen LogP contribution is -2.55. The maximum Gasteiger partial charge on any atom is 0.422 e. The quantitative estimate of drug-likeness (QED) is 0.565. The molecule has 6 nitrogen and oxygen atoms in total. The van der Waals surface area contributed by atoms with Crippen LogP contribution in [-0.4, -0.2) is 48.3 Å². The Morgan fingerprint density at radius 2 is 2.08 bits per heavy atom. The van der Waals surface area contributed by atoms with Crippen LogP contribution in [0.25, 0.3) is 0 Å². The molecule has 1 rings (SSSR count). The molecular formula is C18H34N2O4. The number of hydrazine groups is 1. The molecule has 0 bridgehead atoms. The first-order valence-corrected chi connectivity index (χ1v) is 8.73. The van der Waals surface area contributed by atoms with Crippen LogP contribution in [0.2, 0.25) is 0 Å². The Labute approximate surface area is 146 Å². The number of amides is 1. The predicted molar refractivity (Wildman–Crippen MR) is 94.5 cm³/mol. The largest absolute Gasteiger partial charge is 0.443 e. The van der Waals surface area contributed by atoms with Crippen LogP contribution < -0.4 is 5.43 Å². The zero-order valence-corrected chi connectivity index (χ0v) is 16.3. The molecule has 1 heterocycles. The molecule has 0 aromatic carbocycles. The fourth-order valence-electron chi connectivity index (χ4n) is 2.43. The molecule has 0 unspecified atom stereocenters. The zero-order valence-electron chi connectivity index (χ0n) is 16.3. The van der Waals surface area contributed by atoms with E-state index in [4.69, 9.17) is 14.2 Å². The lowest BCUT2D eigenvalue weighted by Gasteiger charge is -2.33. The van der Waals surface area contributed by atoms with Crippen molar-refractivity contribution in [1.29, 1.82) is 0 Å². The summed E-state index contributed by atoms with van der Waals surface area (Å²) in [5.74, 6) is 0. The third-order valence-electron chi connectivity index (χ3n) is 3.58. The number of nitrogens with one attached hydrogen (secondary N) is 1. The Kier molecular flexibility index (Phi) is 7.70. The summed E-state index contributed by atoms with van der Waals surface area (Å²) in [5.41, 5.74) is 2.80. The highest BCUT2D eigenvalue weighted by Crippen LogP contribution is 2.26. The van der Waals surface area contributed by atoms with E-state index >= 15 is 0 Å². The van der Waals surface area contributed by atoms with Crippen LogP contribution in [0, 0.1) is 0 Å². The van der Waals surface area contributed by atoms with E-state index in [1.54, 1.807) is 5.01 Å². The molecule has 1 atom stereocenters. The highest BCUT2D eigenvalue weighted by molar-refractivity contribution is 5.67. The van der Waals surface area contributed by atoms with E-state index in [1.807, 2.05) is 41.5 Å². The number of ether oxygens (including phenoxy) is 3. The minimum absolute atomic E-state index is 0.0534. The number of hydrogen-bond donors (Lipinski definition) is 1. The lowest BCUT2D eigenvalue weighted by atomic mass is 10.2. The first-order chi connectivity index (χ1) is 11.0. The minimum atomic E-state index is -0.596. The van der Waals surface area contributed by atoms with Gasteiger partial charge in [-0.2, -0.15) is 5.01 Å². The van der Waals surface area contributed by atoms with Crippen molar-refractivity contribution < 1.29 is 19.0 Å². The van der Waals surface area contributed by atoms with Crippen molar-refractivity contribution in [2.45, 2.75) is 78.7 Å². The lowest BCUT2D eigenvalue weighted by molar-refractivity contribution is -0.0783. The summed E-state index contributed by atoms with van der Waals surface area (Å²) in [5, 5.41) is 1.80. The smallest absolute Gasteiger partial charge is 0.422 e. The first-order valence-electron chi connectivity index (χ1n) is 8.73. The zero-order chi connectivity index (χ0) is 18.4. The molecule has 0 saturated carbocycles. The van der Waals surface area contributed by atoms with Gasteiger partial charge in [0.25, 0.3) is 0 Å². The van der Waals surface area contributed by atoms with Crippen LogP contribution in [0.1, 0.15) is 61.3 Å². The summed E-state index contributed by atoms with van der Waals surface area (Å²) in [4.78, 5) is 12.1. The number of carbonyl (C=O) groups is 1. The number of hydrogen-bond acceptors (Lipinski definition) is 5. The van der Waals surface area contributed by atoms with Crippen LogP contribution in [0.15, 0.2) is 11.6 Å². The van der Waals surface area contributed by atoms with E-state index in [0.717, 1.165) is 25.0 Å². The molecule has 1 aliphatic heterocycles. The highest BCUT2D eigenvalue weighted by Gasteiger charge is 2.41. The van der Waals surface area contributed by atoms with E-state index in [2.05, 4.69) is 18.4 Å². The molecule has 0 aliphatic carbocycles.